The molecule has 1 saturated heterocycles. The number of nitrogens with zero attached hydrogens (tertiary/aromatic N) is 3. The molecule has 0 bridgehead atoms. The minimum atomic E-state index is -0.282. The van der Waals surface area contributed by atoms with Gasteiger partial charge in [0.1, 0.15) is 0 Å². The van der Waals surface area contributed by atoms with E-state index in [1.807, 2.05) is 18.2 Å². The van der Waals surface area contributed by atoms with Crippen LogP contribution >= 0.6 is 0 Å². The van der Waals surface area contributed by atoms with Gasteiger partial charge in [-0.05, 0) is 31.5 Å². The van der Waals surface area contributed by atoms with E-state index < -0.39 is 0 Å². The Hall–Kier alpha value is -2.47. The van der Waals surface area contributed by atoms with E-state index in [4.69, 9.17) is 5.73 Å². The Balaban J connectivity index is 1.72. The summed E-state index contributed by atoms with van der Waals surface area (Å²) in [6.45, 7) is 2.64. The number of anilines is 1. The van der Waals surface area contributed by atoms with Crippen molar-refractivity contribution in [3.63, 3.8) is 0 Å². The van der Waals surface area contributed by atoms with Crippen LogP contribution in [0.2, 0.25) is 0 Å². The minimum absolute atomic E-state index is 0.155. The van der Waals surface area contributed by atoms with Crippen LogP contribution in [0.5, 0.6) is 0 Å². The fourth-order valence-electron chi connectivity index (χ4n) is 2.98. The fraction of sp³-hybridized carbons (Fsp3) is 0.353. The minimum Gasteiger partial charge on any atom is -0.382 e. The second kappa shape index (κ2) is 7.19. The molecule has 1 atom stereocenters. The van der Waals surface area contributed by atoms with Crippen molar-refractivity contribution in [2.75, 3.05) is 25.4 Å². The van der Waals surface area contributed by atoms with Crippen LogP contribution in [0.25, 0.3) is 0 Å². The van der Waals surface area contributed by atoms with Crippen molar-refractivity contribution in [3.8, 4) is 0 Å². The maximum absolute atomic E-state index is 12.3. The Kier molecular flexibility index (Phi) is 4.83. The van der Waals surface area contributed by atoms with E-state index in [2.05, 4.69) is 32.3 Å². The third kappa shape index (κ3) is 3.65. The van der Waals surface area contributed by atoms with Gasteiger partial charge in [-0.25, -0.2) is 9.97 Å². The fourth-order valence-corrected chi connectivity index (χ4v) is 2.98. The van der Waals surface area contributed by atoms with Gasteiger partial charge in [0.05, 0.1) is 6.04 Å². The average molecular weight is 311 g/mol. The number of benzene rings is 1. The van der Waals surface area contributed by atoms with Gasteiger partial charge in [0.2, 0.25) is 0 Å². The lowest BCUT2D eigenvalue weighted by Crippen LogP contribution is -2.37. The van der Waals surface area contributed by atoms with Gasteiger partial charge in [0.15, 0.2) is 11.5 Å². The van der Waals surface area contributed by atoms with Crippen LogP contribution in [-0.2, 0) is 0 Å². The molecule has 0 aliphatic carbocycles. The summed E-state index contributed by atoms with van der Waals surface area (Å²) in [6.07, 6.45) is 5.35. The van der Waals surface area contributed by atoms with Crippen LogP contribution in [0.1, 0.15) is 34.9 Å². The SMILES string of the molecule is Nc1nccnc1C(=O)NC[C@@H](c1ccccc1)N1CCCC1. The maximum atomic E-state index is 12.3. The van der Waals surface area contributed by atoms with Crippen molar-refractivity contribution < 1.29 is 4.79 Å². The van der Waals surface area contributed by atoms with Crippen LogP contribution in [0.15, 0.2) is 42.7 Å². The number of likely N-dealkylation sites (tertiary alicyclic amines) is 1. The number of carbonyl (C=O) groups is 1. The number of nitrogens with one attached hydrogen (secondary N) is 1. The first-order valence-corrected chi connectivity index (χ1v) is 7.89. The molecule has 6 nitrogen and oxygen atoms in total. The summed E-state index contributed by atoms with van der Waals surface area (Å²) in [5.41, 5.74) is 7.11. The highest BCUT2D eigenvalue weighted by Crippen LogP contribution is 2.24. The lowest BCUT2D eigenvalue weighted by atomic mass is 10.1. The van der Waals surface area contributed by atoms with Gasteiger partial charge in [-0.1, -0.05) is 30.3 Å². The number of hydrogen-bond donors (Lipinski definition) is 2. The Morgan fingerprint density at radius 3 is 2.57 bits per heavy atom. The quantitative estimate of drug-likeness (QED) is 0.876. The van der Waals surface area contributed by atoms with Crippen LogP contribution in [0.3, 0.4) is 0 Å². The van der Waals surface area contributed by atoms with Crippen LogP contribution < -0.4 is 11.1 Å². The molecular formula is C17H21N5O. The van der Waals surface area contributed by atoms with Gasteiger partial charge < -0.3 is 11.1 Å². The molecule has 2 heterocycles. The van der Waals surface area contributed by atoms with Crippen LogP contribution in [-0.4, -0.2) is 40.4 Å². The van der Waals surface area contributed by atoms with E-state index in [0.717, 1.165) is 13.1 Å². The van der Waals surface area contributed by atoms with E-state index >= 15 is 0 Å². The van der Waals surface area contributed by atoms with E-state index in [0.29, 0.717) is 6.54 Å². The van der Waals surface area contributed by atoms with Crippen LogP contribution in [0, 0.1) is 0 Å². The Bertz CT molecular complexity index is 655. The van der Waals surface area contributed by atoms with Crippen molar-refractivity contribution in [2.45, 2.75) is 18.9 Å². The monoisotopic (exact) mass is 311 g/mol. The molecule has 1 aromatic heterocycles. The summed E-state index contributed by atoms with van der Waals surface area (Å²) in [5.74, 6) is -0.127. The van der Waals surface area contributed by atoms with Crippen molar-refractivity contribution in [2.24, 2.45) is 0 Å². The number of carbonyl (C=O) groups excluding carboxylic acids is 1. The molecule has 0 spiro atoms. The molecular weight excluding hydrogens is 290 g/mol. The zero-order valence-corrected chi connectivity index (χ0v) is 13.0. The maximum Gasteiger partial charge on any atom is 0.273 e. The second-order valence-corrected chi connectivity index (χ2v) is 5.67. The molecule has 3 N–H and O–H groups in total. The van der Waals surface area contributed by atoms with Crippen molar-refractivity contribution in [1.29, 1.82) is 0 Å². The zero-order chi connectivity index (χ0) is 16.1. The molecule has 6 heteroatoms. The number of nitrogen functional groups attached to an aromatic ring is 1. The summed E-state index contributed by atoms with van der Waals surface area (Å²) in [7, 11) is 0. The Morgan fingerprint density at radius 2 is 1.87 bits per heavy atom. The predicted octanol–water partition coefficient (Wildman–Crippen LogP) is 1.63. The number of nitrogens with two attached hydrogens (primary N) is 1. The highest BCUT2D eigenvalue weighted by molar-refractivity contribution is 5.96. The molecule has 1 fully saturated rings. The van der Waals surface area contributed by atoms with Gasteiger partial charge >= 0.3 is 0 Å². The summed E-state index contributed by atoms with van der Waals surface area (Å²) in [5, 5.41) is 2.95. The standard InChI is InChI=1S/C17H21N5O/c18-16-15(19-8-9-20-16)17(23)21-12-14(22-10-4-5-11-22)13-6-2-1-3-7-13/h1-3,6-9,14H,4-5,10-12H2,(H2,18,20)(H,21,23)/t14-/m0/s1. The second-order valence-electron chi connectivity index (χ2n) is 5.67. The largest absolute Gasteiger partial charge is 0.382 e. The van der Waals surface area contributed by atoms with Gasteiger partial charge in [0.25, 0.3) is 5.91 Å². The highest BCUT2D eigenvalue weighted by Gasteiger charge is 2.24. The summed E-state index contributed by atoms with van der Waals surface area (Å²) in [6, 6.07) is 10.4. The molecule has 3 rings (SSSR count). The van der Waals surface area contributed by atoms with E-state index in [1.165, 1.54) is 30.8 Å². The molecule has 1 amide bonds. The lowest BCUT2D eigenvalue weighted by Gasteiger charge is -2.28. The van der Waals surface area contributed by atoms with Crippen molar-refractivity contribution in [1.82, 2.24) is 20.2 Å². The van der Waals surface area contributed by atoms with E-state index in [1.54, 1.807) is 0 Å². The van der Waals surface area contributed by atoms with E-state index in [-0.39, 0.29) is 23.5 Å². The Labute approximate surface area is 135 Å². The number of rotatable bonds is 5. The molecule has 2 aromatic rings. The van der Waals surface area contributed by atoms with Gasteiger partial charge in [-0.3, -0.25) is 9.69 Å². The third-order valence-corrected chi connectivity index (χ3v) is 4.16. The van der Waals surface area contributed by atoms with Gasteiger partial charge in [-0.15, -0.1) is 0 Å². The molecule has 120 valence electrons. The first-order chi connectivity index (χ1) is 11.3. The predicted molar refractivity (Wildman–Crippen MR) is 88.8 cm³/mol. The molecule has 1 aliphatic rings. The topological polar surface area (TPSA) is 84.1 Å². The lowest BCUT2D eigenvalue weighted by molar-refractivity contribution is 0.0933. The molecule has 1 aromatic carbocycles. The number of amides is 1. The summed E-state index contributed by atoms with van der Waals surface area (Å²) in [4.78, 5) is 22.6. The molecule has 0 unspecified atom stereocenters. The van der Waals surface area contributed by atoms with Crippen molar-refractivity contribution >= 4 is 11.7 Å². The van der Waals surface area contributed by atoms with Gasteiger partial charge in [0, 0.05) is 18.9 Å². The number of aromatic nitrogens is 2. The zero-order valence-electron chi connectivity index (χ0n) is 13.0. The summed E-state index contributed by atoms with van der Waals surface area (Å²) < 4.78 is 0. The number of hydrogen-bond acceptors (Lipinski definition) is 5. The average Bonchev–Trinajstić information content (AvgIpc) is 3.10. The summed E-state index contributed by atoms with van der Waals surface area (Å²) >= 11 is 0. The molecule has 0 radical (unpaired) electrons. The normalized spacial score (nSPS) is 16.2. The first kappa shape index (κ1) is 15.4. The smallest absolute Gasteiger partial charge is 0.273 e. The highest BCUT2D eigenvalue weighted by atomic mass is 16.1. The van der Waals surface area contributed by atoms with Crippen molar-refractivity contribution in [3.05, 3.63) is 54.0 Å². The third-order valence-electron chi connectivity index (χ3n) is 4.16. The van der Waals surface area contributed by atoms with Gasteiger partial charge in [-0.2, -0.15) is 0 Å². The van der Waals surface area contributed by atoms with Crippen LogP contribution in [0.4, 0.5) is 5.82 Å². The molecule has 23 heavy (non-hydrogen) atoms. The van der Waals surface area contributed by atoms with E-state index in [9.17, 15) is 4.79 Å². The first-order valence-electron chi connectivity index (χ1n) is 7.89. The molecule has 1 aliphatic heterocycles. The Morgan fingerprint density at radius 1 is 1.17 bits per heavy atom. The molecule has 0 saturated carbocycles.